The zero-order valence-electron chi connectivity index (χ0n) is 13.4. The zero-order valence-corrected chi connectivity index (χ0v) is 13.4. The van der Waals surface area contributed by atoms with Crippen LogP contribution in [0.25, 0.3) is 0 Å². The number of nitrogens with two attached hydrogens (primary N) is 1. The molecule has 0 fully saturated rings. The van der Waals surface area contributed by atoms with Crippen LogP contribution in [-0.2, 0) is 20.0 Å². The fourth-order valence-corrected chi connectivity index (χ4v) is 2.65. The van der Waals surface area contributed by atoms with E-state index in [0.29, 0.717) is 0 Å². The number of aromatic nitrogens is 3. The second-order valence-electron chi connectivity index (χ2n) is 5.60. The van der Waals surface area contributed by atoms with Crippen molar-refractivity contribution in [3.63, 3.8) is 0 Å². The Labute approximate surface area is 126 Å². The SMILES string of the molecule is CCC(N)Cc1c(C)nn(C)c1N(C)Cc1ccncc1. The average Bonchev–Trinajstić information content (AvgIpc) is 2.74. The van der Waals surface area contributed by atoms with Crippen LogP contribution in [0.2, 0.25) is 0 Å². The Kier molecular flexibility index (Phi) is 4.96. The Morgan fingerprint density at radius 3 is 2.62 bits per heavy atom. The van der Waals surface area contributed by atoms with Crippen LogP contribution in [0.1, 0.15) is 30.2 Å². The van der Waals surface area contributed by atoms with Crippen molar-refractivity contribution >= 4 is 5.82 Å². The van der Waals surface area contributed by atoms with Crippen LogP contribution in [0, 0.1) is 6.92 Å². The summed E-state index contributed by atoms with van der Waals surface area (Å²) < 4.78 is 1.95. The zero-order chi connectivity index (χ0) is 15.4. The first-order chi connectivity index (χ1) is 10.0. The van der Waals surface area contributed by atoms with Crippen molar-refractivity contribution in [3.05, 3.63) is 41.3 Å². The molecular formula is C16H25N5. The summed E-state index contributed by atoms with van der Waals surface area (Å²) in [6.45, 7) is 5.01. The van der Waals surface area contributed by atoms with Gasteiger partial charge in [-0.1, -0.05) is 6.92 Å². The molecule has 2 aromatic rings. The lowest BCUT2D eigenvalue weighted by atomic mass is 10.0. The molecule has 2 heterocycles. The van der Waals surface area contributed by atoms with E-state index < -0.39 is 0 Å². The van der Waals surface area contributed by atoms with Crippen molar-refractivity contribution in [3.8, 4) is 0 Å². The summed E-state index contributed by atoms with van der Waals surface area (Å²) in [6, 6.07) is 4.26. The third-order valence-electron chi connectivity index (χ3n) is 3.83. The van der Waals surface area contributed by atoms with Crippen LogP contribution in [0.15, 0.2) is 24.5 Å². The first-order valence-corrected chi connectivity index (χ1v) is 7.41. The van der Waals surface area contributed by atoms with Crippen LogP contribution in [-0.4, -0.2) is 27.9 Å². The fraction of sp³-hybridized carbons (Fsp3) is 0.500. The van der Waals surface area contributed by atoms with Gasteiger partial charge in [-0.15, -0.1) is 0 Å². The summed E-state index contributed by atoms with van der Waals surface area (Å²) in [5, 5.41) is 4.57. The molecule has 0 aliphatic carbocycles. The van der Waals surface area contributed by atoms with E-state index in [1.54, 1.807) is 0 Å². The minimum absolute atomic E-state index is 0.181. The molecule has 0 aromatic carbocycles. The smallest absolute Gasteiger partial charge is 0.130 e. The summed E-state index contributed by atoms with van der Waals surface area (Å²) in [6.07, 6.45) is 5.49. The second-order valence-corrected chi connectivity index (χ2v) is 5.60. The van der Waals surface area contributed by atoms with E-state index in [-0.39, 0.29) is 6.04 Å². The van der Waals surface area contributed by atoms with Gasteiger partial charge in [0, 0.05) is 44.6 Å². The molecule has 0 bridgehead atoms. The van der Waals surface area contributed by atoms with E-state index in [1.165, 1.54) is 11.1 Å². The van der Waals surface area contributed by atoms with Crippen LogP contribution >= 0.6 is 0 Å². The summed E-state index contributed by atoms with van der Waals surface area (Å²) in [4.78, 5) is 6.29. The van der Waals surface area contributed by atoms with Gasteiger partial charge in [0.1, 0.15) is 5.82 Å². The molecule has 2 rings (SSSR count). The lowest BCUT2D eigenvalue weighted by molar-refractivity contribution is 0.642. The minimum Gasteiger partial charge on any atom is -0.355 e. The van der Waals surface area contributed by atoms with Crippen LogP contribution in [0.4, 0.5) is 5.82 Å². The molecular weight excluding hydrogens is 262 g/mol. The fourth-order valence-electron chi connectivity index (χ4n) is 2.65. The van der Waals surface area contributed by atoms with Crippen LogP contribution in [0.3, 0.4) is 0 Å². The maximum Gasteiger partial charge on any atom is 0.130 e. The first kappa shape index (κ1) is 15.5. The number of hydrogen-bond donors (Lipinski definition) is 1. The second kappa shape index (κ2) is 6.72. The number of pyridine rings is 1. The number of rotatable bonds is 6. The van der Waals surface area contributed by atoms with Gasteiger partial charge in [0.15, 0.2) is 0 Å². The molecule has 2 aromatic heterocycles. The standard InChI is InChI=1S/C16H25N5/c1-5-14(17)10-15-12(2)19-21(4)16(15)20(3)11-13-6-8-18-9-7-13/h6-9,14H,5,10-11,17H2,1-4H3. The van der Waals surface area contributed by atoms with E-state index in [9.17, 15) is 0 Å². The molecule has 1 atom stereocenters. The van der Waals surface area contributed by atoms with Gasteiger partial charge in [-0.25, -0.2) is 0 Å². The van der Waals surface area contributed by atoms with E-state index in [1.807, 2.05) is 36.3 Å². The van der Waals surface area contributed by atoms with Crippen molar-refractivity contribution in [1.29, 1.82) is 0 Å². The van der Waals surface area contributed by atoms with Gasteiger partial charge in [0.2, 0.25) is 0 Å². The molecule has 2 N–H and O–H groups in total. The Morgan fingerprint density at radius 1 is 1.33 bits per heavy atom. The van der Waals surface area contributed by atoms with Crippen LogP contribution < -0.4 is 10.6 Å². The molecule has 5 heteroatoms. The molecule has 21 heavy (non-hydrogen) atoms. The highest BCUT2D eigenvalue weighted by Crippen LogP contribution is 2.25. The number of aryl methyl sites for hydroxylation is 2. The van der Waals surface area contributed by atoms with E-state index >= 15 is 0 Å². The molecule has 1 unspecified atom stereocenters. The monoisotopic (exact) mass is 287 g/mol. The third-order valence-corrected chi connectivity index (χ3v) is 3.83. The normalized spacial score (nSPS) is 12.4. The molecule has 0 saturated carbocycles. The van der Waals surface area contributed by atoms with Crippen molar-refractivity contribution in [2.75, 3.05) is 11.9 Å². The largest absolute Gasteiger partial charge is 0.355 e. The Balaban J connectivity index is 2.25. The summed E-state index contributed by atoms with van der Waals surface area (Å²) in [5.41, 5.74) is 9.70. The average molecular weight is 287 g/mol. The van der Waals surface area contributed by atoms with Crippen molar-refractivity contribution in [1.82, 2.24) is 14.8 Å². The van der Waals surface area contributed by atoms with Gasteiger partial charge in [-0.2, -0.15) is 5.10 Å². The first-order valence-electron chi connectivity index (χ1n) is 7.41. The van der Waals surface area contributed by atoms with E-state index in [2.05, 4.69) is 35.9 Å². The number of hydrogen-bond acceptors (Lipinski definition) is 4. The summed E-state index contributed by atoms with van der Waals surface area (Å²) >= 11 is 0. The van der Waals surface area contributed by atoms with Gasteiger partial charge in [-0.3, -0.25) is 9.67 Å². The molecule has 0 amide bonds. The highest BCUT2D eigenvalue weighted by Gasteiger charge is 2.18. The molecule has 5 nitrogen and oxygen atoms in total. The van der Waals surface area contributed by atoms with Gasteiger partial charge in [0.05, 0.1) is 5.69 Å². The van der Waals surface area contributed by atoms with Gasteiger partial charge in [0.25, 0.3) is 0 Å². The van der Waals surface area contributed by atoms with Gasteiger partial charge < -0.3 is 10.6 Å². The predicted molar refractivity (Wildman–Crippen MR) is 86.3 cm³/mol. The lowest BCUT2D eigenvalue weighted by Gasteiger charge is -2.22. The summed E-state index contributed by atoms with van der Waals surface area (Å²) in [5.74, 6) is 1.15. The highest BCUT2D eigenvalue weighted by atomic mass is 15.4. The maximum atomic E-state index is 6.14. The van der Waals surface area contributed by atoms with Crippen LogP contribution in [0.5, 0.6) is 0 Å². The van der Waals surface area contributed by atoms with Gasteiger partial charge in [-0.05, 0) is 37.5 Å². The van der Waals surface area contributed by atoms with E-state index in [4.69, 9.17) is 5.73 Å². The highest BCUT2D eigenvalue weighted by molar-refractivity contribution is 5.50. The van der Waals surface area contributed by atoms with Crippen molar-refractivity contribution in [2.45, 2.75) is 39.3 Å². The predicted octanol–water partition coefficient (Wildman–Crippen LogP) is 2.04. The van der Waals surface area contributed by atoms with Crippen molar-refractivity contribution < 1.29 is 0 Å². The molecule has 0 aliphatic heterocycles. The molecule has 0 spiro atoms. The molecule has 0 radical (unpaired) electrons. The Bertz CT molecular complexity index is 576. The third kappa shape index (κ3) is 3.61. The lowest BCUT2D eigenvalue weighted by Crippen LogP contribution is -2.25. The molecule has 114 valence electrons. The summed E-state index contributed by atoms with van der Waals surface area (Å²) in [7, 11) is 4.09. The number of anilines is 1. The topological polar surface area (TPSA) is 60.0 Å². The molecule has 0 aliphatic rings. The maximum absolute atomic E-state index is 6.14. The quantitative estimate of drug-likeness (QED) is 0.883. The Hall–Kier alpha value is -1.88. The van der Waals surface area contributed by atoms with Gasteiger partial charge >= 0.3 is 0 Å². The minimum atomic E-state index is 0.181. The Morgan fingerprint density at radius 2 is 2.00 bits per heavy atom. The number of nitrogens with zero attached hydrogens (tertiary/aromatic N) is 4. The molecule has 0 saturated heterocycles. The van der Waals surface area contributed by atoms with Crippen molar-refractivity contribution in [2.24, 2.45) is 12.8 Å². The van der Waals surface area contributed by atoms with E-state index in [0.717, 1.165) is 30.9 Å².